The third-order valence-electron chi connectivity index (χ3n) is 2.63. The van der Waals surface area contributed by atoms with Crippen molar-refractivity contribution in [3.05, 3.63) is 47.1 Å². The van der Waals surface area contributed by atoms with Gasteiger partial charge in [0.15, 0.2) is 10.7 Å². The smallest absolute Gasteiger partial charge is 0.261 e. The standard InChI is InChI=1S/C12H10N2O2S.CH4O3S/c1-2-8-10(11(15)9-4-3-6-16-9)14-5-7-17-12(14)13-8;1-5(2,3)4/h3-7H,2H2,1H3;1H3,(H,2,3,4). The van der Waals surface area contributed by atoms with Gasteiger partial charge >= 0.3 is 0 Å². The van der Waals surface area contributed by atoms with E-state index < -0.39 is 10.1 Å². The lowest BCUT2D eigenvalue weighted by Crippen LogP contribution is -2.06. The summed E-state index contributed by atoms with van der Waals surface area (Å²) in [5.74, 6) is 0.241. The summed E-state index contributed by atoms with van der Waals surface area (Å²) in [5.41, 5.74) is 1.43. The lowest BCUT2D eigenvalue weighted by Gasteiger charge is -1.98. The van der Waals surface area contributed by atoms with E-state index in [9.17, 15) is 13.2 Å². The first-order valence-corrected chi connectivity index (χ1v) is 8.99. The van der Waals surface area contributed by atoms with E-state index in [0.717, 1.165) is 17.1 Å². The van der Waals surface area contributed by atoms with Crippen molar-refractivity contribution in [2.45, 2.75) is 13.3 Å². The third kappa shape index (κ3) is 3.81. The first-order valence-electron chi connectivity index (χ1n) is 6.26. The Morgan fingerprint density at radius 2 is 2.18 bits per heavy atom. The fraction of sp³-hybridized carbons (Fsp3) is 0.231. The molecule has 0 amide bonds. The molecule has 3 rings (SSSR count). The van der Waals surface area contributed by atoms with E-state index in [1.54, 1.807) is 12.1 Å². The lowest BCUT2D eigenvalue weighted by molar-refractivity contribution is 0.100. The Morgan fingerprint density at radius 1 is 1.50 bits per heavy atom. The van der Waals surface area contributed by atoms with Gasteiger partial charge in [-0.05, 0) is 18.6 Å². The summed E-state index contributed by atoms with van der Waals surface area (Å²) < 4.78 is 32.9. The Kier molecular flexibility index (Phi) is 4.79. The zero-order valence-corrected chi connectivity index (χ0v) is 13.5. The minimum atomic E-state index is -3.67. The normalized spacial score (nSPS) is 11.2. The molecule has 0 radical (unpaired) electrons. The van der Waals surface area contributed by atoms with Crippen LogP contribution in [0.5, 0.6) is 0 Å². The van der Waals surface area contributed by atoms with Gasteiger partial charge in [0, 0.05) is 11.6 Å². The Hall–Kier alpha value is -1.97. The predicted molar refractivity (Wildman–Crippen MR) is 82.1 cm³/mol. The van der Waals surface area contributed by atoms with E-state index >= 15 is 0 Å². The van der Waals surface area contributed by atoms with Crippen LogP contribution in [-0.4, -0.2) is 34.4 Å². The molecule has 9 heteroatoms. The van der Waals surface area contributed by atoms with Gasteiger partial charge < -0.3 is 4.42 Å². The van der Waals surface area contributed by atoms with Crippen molar-refractivity contribution in [1.29, 1.82) is 0 Å². The van der Waals surface area contributed by atoms with Gasteiger partial charge in [0.25, 0.3) is 10.1 Å². The molecule has 0 aliphatic rings. The largest absolute Gasteiger partial charge is 0.461 e. The van der Waals surface area contributed by atoms with Crippen LogP contribution in [0.3, 0.4) is 0 Å². The van der Waals surface area contributed by atoms with Crippen LogP contribution in [0.25, 0.3) is 4.96 Å². The van der Waals surface area contributed by atoms with Crippen LogP contribution < -0.4 is 0 Å². The second-order valence-corrected chi connectivity index (χ2v) is 6.69. The highest BCUT2D eigenvalue weighted by atomic mass is 32.2. The number of ketones is 1. The quantitative estimate of drug-likeness (QED) is 0.579. The molecule has 0 aromatic carbocycles. The van der Waals surface area contributed by atoms with E-state index in [1.807, 2.05) is 22.9 Å². The van der Waals surface area contributed by atoms with Gasteiger partial charge in [-0.15, -0.1) is 11.3 Å². The molecule has 0 bridgehead atoms. The molecule has 0 spiro atoms. The van der Waals surface area contributed by atoms with Crippen LogP contribution >= 0.6 is 11.3 Å². The molecule has 22 heavy (non-hydrogen) atoms. The number of hydrogen-bond donors (Lipinski definition) is 1. The molecule has 0 unspecified atom stereocenters. The molecule has 3 aromatic rings. The second kappa shape index (κ2) is 6.42. The van der Waals surface area contributed by atoms with Crippen molar-refractivity contribution in [3.8, 4) is 0 Å². The molecule has 118 valence electrons. The highest BCUT2D eigenvalue weighted by Gasteiger charge is 2.21. The fourth-order valence-electron chi connectivity index (χ4n) is 1.84. The van der Waals surface area contributed by atoms with Crippen LogP contribution in [0, 0.1) is 0 Å². The SMILES string of the molecule is CCc1nc2sccn2c1C(=O)c1ccco1.CS(=O)(=O)O. The van der Waals surface area contributed by atoms with Crippen molar-refractivity contribution in [3.63, 3.8) is 0 Å². The van der Waals surface area contributed by atoms with Gasteiger partial charge in [-0.25, -0.2) is 4.98 Å². The maximum atomic E-state index is 12.3. The van der Waals surface area contributed by atoms with Gasteiger partial charge in [0.05, 0.1) is 18.2 Å². The lowest BCUT2D eigenvalue weighted by atomic mass is 10.1. The summed E-state index contributed by atoms with van der Waals surface area (Å²) >= 11 is 1.52. The number of fused-ring (bicyclic) bond motifs is 1. The van der Waals surface area contributed by atoms with Gasteiger partial charge in [-0.1, -0.05) is 6.92 Å². The summed E-state index contributed by atoms with van der Waals surface area (Å²) in [6, 6.07) is 3.39. The highest BCUT2D eigenvalue weighted by molar-refractivity contribution is 7.85. The van der Waals surface area contributed by atoms with E-state index in [0.29, 0.717) is 17.7 Å². The van der Waals surface area contributed by atoms with Crippen molar-refractivity contribution < 1.29 is 22.2 Å². The average molecular weight is 342 g/mol. The molecular weight excluding hydrogens is 328 g/mol. The van der Waals surface area contributed by atoms with Crippen LogP contribution in [0.4, 0.5) is 0 Å². The van der Waals surface area contributed by atoms with Gasteiger partial charge in [0.2, 0.25) is 5.78 Å². The van der Waals surface area contributed by atoms with Crippen LogP contribution in [-0.2, 0) is 16.5 Å². The highest BCUT2D eigenvalue weighted by Crippen LogP contribution is 2.21. The molecule has 1 N–H and O–H groups in total. The number of imidazole rings is 1. The zero-order chi connectivity index (χ0) is 16.3. The van der Waals surface area contributed by atoms with E-state index in [-0.39, 0.29) is 5.78 Å². The van der Waals surface area contributed by atoms with Crippen molar-refractivity contribution in [1.82, 2.24) is 9.38 Å². The average Bonchev–Trinajstić information content (AvgIpc) is 3.12. The van der Waals surface area contributed by atoms with E-state index in [1.165, 1.54) is 17.6 Å². The summed E-state index contributed by atoms with van der Waals surface area (Å²) in [6.07, 6.45) is 4.82. The molecule has 7 nitrogen and oxygen atoms in total. The number of aromatic nitrogens is 2. The van der Waals surface area contributed by atoms with Crippen molar-refractivity contribution in [2.75, 3.05) is 6.26 Å². The van der Waals surface area contributed by atoms with Gasteiger partial charge in [0.1, 0.15) is 5.69 Å². The van der Waals surface area contributed by atoms with Crippen LogP contribution in [0.1, 0.15) is 28.9 Å². The molecule has 0 aliphatic heterocycles. The van der Waals surface area contributed by atoms with E-state index in [2.05, 4.69) is 4.98 Å². The van der Waals surface area contributed by atoms with Crippen LogP contribution in [0.15, 0.2) is 34.4 Å². The first-order chi connectivity index (χ1) is 10.3. The number of rotatable bonds is 3. The molecule has 0 saturated carbocycles. The summed E-state index contributed by atoms with van der Waals surface area (Å²) in [4.78, 5) is 17.6. The third-order valence-corrected chi connectivity index (χ3v) is 3.39. The van der Waals surface area contributed by atoms with E-state index in [4.69, 9.17) is 8.97 Å². The maximum Gasteiger partial charge on any atom is 0.261 e. The number of hydrogen-bond acceptors (Lipinski definition) is 6. The number of furan rings is 1. The summed E-state index contributed by atoms with van der Waals surface area (Å²) in [7, 11) is -3.67. The van der Waals surface area contributed by atoms with Crippen molar-refractivity contribution >= 4 is 32.2 Å². The topological polar surface area (TPSA) is 102 Å². The maximum absolute atomic E-state index is 12.3. The Balaban J connectivity index is 0.000000309. The number of carbonyl (C=O) groups excluding carboxylic acids is 1. The molecule has 0 atom stereocenters. The number of carbonyl (C=O) groups is 1. The molecule has 3 aromatic heterocycles. The number of thiazole rings is 1. The molecule has 0 fully saturated rings. The Morgan fingerprint density at radius 3 is 2.73 bits per heavy atom. The molecular formula is C13H14N2O5S2. The first kappa shape index (κ1) is 16.4. The summed E-state index contributed by atoms with van der Waals surface area (Å²) in [6.45, 7) is 1.99. The molecule has 0 saturated heterocycles. The Bertz CT molecular complexity index is 867. The fourth-order valence-corrected chi connectivity index (χ4v) is 2.57. The monoisotopic (exact) mass is 342 g/mol. The number of nitrogens with zero attached hydrogens (tertiary/aromatic N) is 2. The predicted octanol–water partition coefficient (Wildman–Crippen LogP) is 2.29. The number of aryl methyl sites for hydroxylation is 1. The van der Waals surface area contributed by atoms with Crippen molar-refractivity contribution in [2.24, 2.45) is 0 Å². The minimum Gasteiger partial charge on any atom is -0.461 e. The van der Waals surface area contributed by atoms with Gasteiger partial charge in [-0.3, -0.25) is 13.7 Å². The van der Waals surface area contributed by atoms with Crippen LogP contribution in [0.2, 0.25) is 0 Å². The minimum absolute atomic E-state index is 0.113. The Labute approximate surface area is 131 Å². The molecule has 3 heterocycles. The summed E-state index contributed by atoms with van der Waals surface area (Å²) in [5, 5.41) is 1.92. The van der Waals surface area contributed by atoms with Gasteiger partial charge in [-0.2, -0.15) is 8.42 Å². The zero-order valence-electron chi connectivity index (χ0n) is 11.9. The second-order valence-electron chi connectivity index (χ2n) is 4.36. The molecule has 0 aliphatic carbocycles.